The highest BCUT2D eigenvalue weighted by molar-refractivity contribution is 5.91. The molecule has 0 bridgehead atoms. The lowest BCUT2D eigenvalue weighted by Crippen LogP contribution is -2.55. The average molecular weight is 361 g/mol. The van der Waals surface area contributed by atoms with Gasteiger partial charge in [0, 0.05) is 19.6 Å². The number of carbonyl (C=O) groups is 1. The van der Waals surface area contributed by atoms with E-state index in [1.807, 2.05) is 6.08 Å². The Morgan fingerprint density at radius 3 is 2.65 bits per heavy atom. The van der Waals surface area contributed by atoms with Gasteiger partial charge >= 0.3 is 0 Å². The average Bonchev–Trinajstić information content (AvgIpc) is 3.00. The number of rotatable bonds is 4. The van der Waals surface area contributed by atoms with Crippen LogP contribution in [-0.4, -0.2) is 29.2 Å². The van der Waals surface area contributed by atoms with Gasteiger partial charge < -0.3 is 10.2 Å². The van der Waals surface area contributed by atoms with Crippen LogP contribution in [0.1, 0.15) is 71.6 Å². The highest BCUT2D eigenvalue weighted by atomic mass is 16.3. The van der Waals surface area contributed by atoms with Crippen LogP contribution >= 0.6 is 0 Å². The smallest absolute Gasteiger partial charge is 0.155 e. The molecule has 26 heavy (non-hydrogen) atoms. The third-order valence-electron chi connectivity index (χ3n) is 9.48. The van der Waals surface area contributed by atoms with Crippen LogP contribution in [0.5, 0.6) is 0 Å². The Bertz CT molecular complexity index is 596. The molecule has 3 fully saturated rings. The summed E-state index contributed by atoms with van der Waals surface area (Å²) in [4.78, 5) is 12.1. The van der Waals surface area contributed by atoms with Crippen LogP contribution in [0.3, 0.4) is 0 Å². The zero-order valence-corrected chi connectivity index (χ0v) is 16.5. The van der Waals surface area contributed by atoms with E-state index in [4.69, 9.17) is 0 Å². The molecular weight excluding hydrogens is 324 g/mol. The third-order valence-corrected chi connectivity index (χ3v) is 9.48. The largest absolute Gasteiger partial charge is 0.396 e. The van der Waals surface area contributed by atoms with Crippen LogP contribution in [0, 0.1) is 40.4 Å². The molecule has 0 spiro atoms. The van der Waals surface area contributed by atoms with Crippen molar-refractivity contribution in [3.05, 3.63) is 11.6 Å². The zero-order valence-electron chi connectivity index (χ0n) is 16.5. The summed E-state index contributed by atoms with van der Waals surface area (Å²) in [6.45, 7) is 5.23. The molecule has 4 aliphatic carbocycles. The molecule has 0 unspecified atom stereocenters. The van der Waals surface area contributed by atoms with E-state index in [-0.39, 0.29) is 17.4 Å². The van der Waals surface area contributed by atoms with Gasteiger partial charge in [0.25, 0.3) is 0 Å². The van der Waals surface area contributed by atoms with Crippen LogP contribution < -0.4 is 0 Å². The maximum atomic E-state index is 12.1. The van der Waals surface area contributed by atoms with Crippen molar-refractivity contribution in [1.29, 1.82) is 0 Å². The van der Waals surface area contributed by atoms with Gasteiger partial charge in [0.1, 0.15) is 0 Å². The van der Waals surface area contributed by atoms with Crippen LogP contribution in [-0.2, 0) is 4.79 Å². The van der Waals surface area contributed by atoms with E-state index in [9.17, 15) is 15.0 Å². The second-order valence-electron chi connectivity index (χ2n) is 10.0. The summed E-state index contributed by atoms with van der Waals surface area (Å²) < 4.78 is 0. The minimum Gasteiger partial charge on any atom is -0.396 e. The molecule has 7 atom stereocenters. The topological polar surface area (TPSA) is 57.5 Å². The number of allylic oxidation sites excluding steroid dienone is 2. The first-order valence-corrected chi connectivity index (χ1v) is 10.9. The molecule has 0 amide bonds. The molecule has 3 heteroatoms. The minimum absolute atomic E-state index is 0.0988. The summed E-state index contributed by atoms with van der Waals surface area (Å²) in [6.07, 6.45) is 11.8. The summed E-state index contributed by atoms with van der Waals surface area (Å²) >= 11 is 0. The standard InChI is InChI=1S/C23H36O3/c1-15-12-18(26)13-17-5-7-19-20(22(15,17)2)9-10-23(14-25)16(4-3-11-24)6-8-21(19)23/h12,16-17,19-21,24-25H,3-11,13-14H2,1-2H3/t16-,17+,19+,20-,21-,22-,23-/m0/s1. The lowest BCUT2D eigenvalue weighted by atomic mass is 9.44. The molecule has 0 heterocycles. The molecule has 4 rings (SSSR count). The summed E-state index contributed by atoms with van der Waals surface area (Å²) in [7, 11) is 0. The van der Waals surface area contributed by atoms with Gasteiger partial charge in [-0.25, -0.2) is 0 Å². The minimum atomic E-state index is 0.0988. The number of aliphatic hydroxyl groups is 2. The van der Waals surface area contributed by atoms with Crippen molar-refractivity contribution in [2.45, 2.75) is 71.6 Å². The molecule has 0 aromatic rings. The van der Waals surface area contributed by atoms with Crippen molar-refractivity contribution in [2.75, 3.05) is 13.2 Å². The van der Waals surface area contributed by atoms with Gasteiger partial charge in [-0.15, -0.1) is 0 Å². The van der Waals surface area contributed by atoms with E-state index < -0.39 is 0 Å². The third kappa shape index (κ3) is 2.49. The predicted molar refractivity (Wildman–Crippen MR) is 102 cm³/mol. The first-order valence-electron chi connectivity index (χ1n) is 10.9. The number of ketones is 1. The van der Waals surface area contributed by atoms with Gasteiger partial charge in [-0.3, -0.25) is 4.79 Å². The second-order valence-corrected chi connectivity index (χ2v) is 10.0. The van der Waals surface area contributed by atoms with Crippen LogP contribution in [0.4, 0.5) is 0 Å². The van der Waals surface area contributed by atoms with E-state index in [2.05, 4.69) is 13.8 Å². The van der Waals surface area contributed by atoms with Gasteiger partial charge in [-0.2, -0.15) is 0 Å². The Hall–Kier alpha value is -0.670. The number of fused-ring (bicyclic) bond motifs is 5. The van der Waals surface area contributed by atoms with Crippen molar-refractivity contribution in [3.63, 3.8) is 0 Å². The molecule has 0 saturated heterocycles. The lowest BCUT2D eigenvalue weighted by molar-refractivity contribution is -0.127. The highest BCUT2D eigenvalue weighted by Crippen LogP contribution is 2.68. The zero-order chi connectivity index (χ0) is 18.5. The van der Waals surface area contributed by atoms with Gasteiger partial charge in [0.05, 0.1) is 0 Å². The maximum absolute atomic E-state index is 12.1. The highest BCUT2D eigenvalue weighted by Gasteiger charge is 2.61. The summed E-state index contributed by atoms with van der Waals surface area (Å²) in [5, 5.41) is 19.8. The molecule has 0 aliphatic heterocycles. The second kappa shape index (κ2) is 6.74. The van der Waals surface area contributed by atoms with Crippen LogP contribution in [0.15, 0.2) is 11.6 Å². The summed E-state index contributed by atoms with van der Waals surface area (Å²) in [5.74, 6) is 3.45. The first kappa shape index (κ1) is 18.7. The van der Waals surface area contributed by atoms with Gasteiger partial charge in [0.2, 0.25) is 0 Å². The van der Waals surface area contributed by atoms with Gasteiger partial charge in [0.15, 0.2) is 5.78 Å². The Morgan fingerprint density at radius 2 is 1.92 bits per heavy atom. The number of hydrogen-bond donors (Lipinski definition) is 2. The van der Waals surface area contributed by atoms with Crippen LogP contribution in [0.2, 0.25) is 0 Å². The Kier molecular flexibility index (Phi) is 4.84. The Labute approximate surface area is 158 Å². The molecule has 0 aromatic carbocycles. The molecular formula is C23H36O3. The van der Waals surface area contributed by atoms with Gasteiger partial charge in [-0.1, -0.05) is 12.5 Å². The molecule has 3 saturated carbocycles. The monoisotopic (exact) mass is 360 g/mol. The van der Waals surface area contributed by atoms with E-state index in [0.29, 0.717) is 42.0 Å². The van der Waals surface area contributed by atoms with Crippen molar-refractivity contribution in [2.24, 2.45) is 40.4 Å². The Morgan fingerprint density at radius 1 is 1.12 bits per heavy atom. The van der Waals surface area contributed by atoms with E-state index >= 15 is 0 Å². The fourth-order valence-corrected chi connectivity index (χ4v) is 8.07. The first-order chi connectivity index (χ1) is 12.5. The lowest BCUT2D eigenvalue weighted by Gasteiger charge is -2.60. The Balaban J connectivity index is 1.64. The number of carbonyl (C=O) groups excluding carboxylic acids is 1. The van der Waals surface area contributed by atoms with E-state index in [1.165, 1.54) is 37.7 Å². The fraction of sp³-hybridized carbons (Fsp3) is 0.870. The normalized spacial score (nSPS) is 47.8. The van der Waals surface area contributed by atoms with E-state index in [0.717, 1.165) is 25.7 Å². The quantitative estimate of drug-likeness (QED) is 0.793. The molecule has 3 nitrogen and oxygen atoms in total. The predicted octanol–water partition coefficient (Wildman–Crippen LogP) is 4.13. The number of aliphatic hydroxyl groups excluding tert-OH is 2. The number of hydrogen-bond acceptors (Lipinski definition) is 3. The maximum Gasteiger partial charge on any atom is 0.155 e. The fourth-order valence-electron chi connectivity index (χ4n) is 8.07. The molecule has 0 radical (unpaired) electrons. The molecule has 2 N–H and O–H groups in total. The van der Waals surface area contributed by atoms with Crippen molar-refractivity contribution in [3.8, 4) is 0 Å². The molecule has 146 valence electrons. The van der Waals surface area contributed by atoms with Crippen molar-refractivity contribution >= 4 is 5.78 Å². The molecule has 0 aromatic heterocycles. The molecule has 4 aliphatic rings. The van der Waals surface area contributed by atoms with Crippen molar-refractivity contribution in [1.82, 2.24) is 0 Å². The summed E-state index contributed by atoms with van der Waals surface area (Å²) in [5.41, 5.74) is 1.60. The van der Waals surface area contributed by atoms with Crippen molar-refractivity contribution < 1.29 is 15.0 Å². The van der Waals surface area contributed by atoms with Gasteiger partial charge in [-0.05, 0) is 105 Å². The van der Waals surface area contributed by atoms with E-state index in [1.54, 1.807) is 0 Å². The summed E-state index contributed by atoms with van der Waals surface area (Å²) in [6, 6.07) is 0. The SMILES string of the molecule is CC1=CC(=O)C[C@H]2CC[C@H]3[C@@H]4CC[C@H](CCCO)[C@@]4(CO)CC[C@@H]3[C@@]12C. The van der Waals surface area contributed by atoms with Crippen LogP contribution in [0.25, 0.3) is 0 Å².